The molecule has 11 nitrogen and oxygen atoms in total. The highest BCUT2D eigenvalue weighted by Crippen LogP contribution is 2.37. The number of benzene rings is 1. The third-order valence-electron chi connectivity index (χ3n) is 5.14. The maximum absolute atomic E-state index is 13.5. The molecule has 12 heteroatoms. The summed E-state index contributed by atoms with van der Waals surface area (Å²) in [6.45, 7) is 2.09. The number of pyridine rings is 1. The van der Waals surface area contributed by atoms with Crippen LogP contribution in [0.3, 0.4) is 0 Å². The van der Waals surface area contributed by atoms with Crippen LogP contribution in [-0.2, 0) is 14.6 Å². The molecule has 1 aliphatic heterocycles. The molecule has 0 saturated heterocycles. The van der Waals surface area contributed by atoms with E-state index < -0.39 is 33.4 Å². The predicted molar refractivity (Wildman–Crippen MR) is 129 cm³/mol. The van der Waals surface area contributed by atoms with Crippen molar-refractivity contribution in [1.82, 2.24) is 14.8 Å². The van der Waals surface area contributed by atoms with Crippen LogP contribution >= 0.6 is 0 Å². The van der Waals surface area contributed by atoms with Crippen LogP contribution in [-0.4, -0.2) is 87.3 Å². The summed E-state index contributed by atoms with van der Waals surface area (Å²) in [5, 5.41) is 2.66. The second-order valence-corrected chi connectivity index (χ2v) is 10.5. The zero-order valence-electron chi connectivity index (χ0n) is 20.2. The summed E-state index contributed by atoms with van der Waals surface area (Å²) in [6.07, 6.45) is 1.01. The van der Waals surface area contributed by atoms with Crippen molar-refractivity contribution in [2.45, 2.75) is 13.0 Å². The number of amides is 3. The molecule has 0 aliphatic carbocycles. The minimum Gasteiger partial charge on any atom is -0.491 e. The number of methoxy groups -OCH3 is 1. The van der Waals surface area contributed by atoms with E-state index in [0.717, 1.165) is 11.2 Å². The molecule has 0 bridgehead atoms. The van der Waals surface area contributed by atoms with Gasteiger partial charge in [-0.1, -0.05) is 6.07 Å². The molecule has 0 radical (unpaired) electrons. The van der Waals surface area contributed by atoms with Gasteiger partial charge >= 0.3 is 0 Å². The number of anilines is 1. The fourth-order valence-corrected chi connectivity index (χ4v) is 4.66. The Morgan fingerprint density at radius 3 is 2.49 bits per heavy atom. The third-order valence-corrected chi connectivity index (χ3v) is 6.06. The summed E-state index contributed by atoms with van der Waals surface area (Å²) >= 11 is 0. The molecule has 0 spiro atoms. The lowest BCUT2D eigenvalue weighted by molar-refractivity contribution is -0.116. The van der Waals surface area contributed by atoms with Gasteiger partial charge in [0.15, 0.2) is 5.75 Å². The first-order chi connectivity index (χ1) is 16.5. The van der Waals surface area contributed by atoms with Crippen LogP contribution in [0.4, 0.5) is 5.69 Å². The van der Waals surface area contributed by atoms with Gasteiger partial charge in [-0.3, -0.25) is 19.3 Å². The molecule has 1 N–H and O–H groups in total. The number of nitrogens with one attached hydrogen (secondary N) is 1. The molecule has 1 aliphatic rings. The number of ether oxygens (including phenoxy) is 2. The van der Waals surface area contributed by atoms with Gasteiger partial charge in [0.2, 0.25) is 5.91 Å². The minimum atomic E-state index is -3.66. The summed E-state index contributed by atoms with van der Waals surface area (Å²) in [6, 6.07) is 6.32. The first kappa shape index (κ1) is 26.1. The van der Waals surface area contributed by atoms with Gasteiger partial charge in [-0.05, 0) is 45.3 Å². The number of likely N-dealkylation sites (N-methyl/N-ethyl adjacent to an activating group) is 1. The minimum absolute atomic E-state index is 0.00153. The zero-order valence-corrected chi connectivity index (χ0v) is 21.0. The van der Waals surface area contributed by atoms with E-state index in [0.29, 0.717) is 5.75 Å². The number of carbonyl (C=O) groups excluding carboxylic acids is 3. The molecular weight excluding hydrogens is 476 g/mol. The van der Waals surface area contributed by atoms with Crippen LogP contribution in [0.2, 0.25) is 0 Å². The fourth-order valence-electron chi connectivity index (χ4n) is 3.77. The topological polar surface area (TPSA) is 135 Å². The quantitative estimate of drug-likeness (QED) is 0.476. The Labute approximate surface area is 203 Å². The Hall–Kier alpha value is -3.51. The number of hydrogen-bond donors (Lipinski definition) is 1. The van der Waals surface area contributed by atoms with Gasteiger partial charge < -0.3 is 19.7 Å². The standard InChI is InChI=1S/C23H28N4O7S/c1-6-34-21-18(33-4)11-10-15(25-21)17(13-35(5,31)32)27-22(29)14-8-7-9-16(20(14)23(27)30)24-19(28)12-26(2)3/h7-11,17H,6,12-13H2,1-5H3,(H,24,28)/t17-/m1/s1. The van der Waals surface area contributed by atoms with E-state index in [2.05, 4.69) is 10.3 Å². The second-order valence-electron chi connectivity index (χ2n) is 8.28. The molecule has 0 saturated carbocycles. The maximum atomic E-state index is 13.5. The molecule has 188 valence electrons. The molecule has 0 unspecified atom stereocenters. The number of hydrogen-bond acceptors (Lipinski definition) is 9. The van der Waals surface area contributed by atoms with Crippen molar-refractivity contribution in [2.24, 2.45) is 0 Å². The SMILES string of the molecule is CCOc1nc([C@@H](CS(C)(=O)=O)N2C(=O)c3cccc(NC(=O)CN(C)C)c3C2=O)ccc1OC. The highest BCUT2D eigenvalue weighted by molar-refractivity contribution is 7.90. The van der Waals surface area contributed by atoms with Crippen molar-refractivity contribution in [1.29, 1.82) is 0 Å². The molecule has 1 atom stereocenters. The summed E-state index contributed by atoms with van der Waals surface area (Å²) in [7, 11) is 1.22. The lowest BCUT2D eigenvalue weighted by Gasteiger charge is -2.26. The average molecular weight is 505 g/mol. The Kier molecular flexibility index (Phi) is 7.76. The fraction of sp³-hybridized carbons (Fsp3) is 0.391. The number of aromatic nitrogens is 1. The highest BCUT2D eigenvalue weighted by Gasteiger charge is 2.44. The average Bonchev–Trinajstić information content (AvgIpc) is 3.02. The van der Waals surface area contributed by atoms with Crippen LogP contribution in [0, 0.1) is 0 Å². The van der Waals surface area contributed by atoms with Gasteiger partial charge in [0.1, 0.15) is 9.84 Å². The largest absolute Gasteiger partial charge is 0.491 e. The van der Waals surface area contributed by atoms with E-state index >= 15 is 0 Å². The number of nitrogens with zero attached hydrogens (tertiary/aromatic N) is 3. The van der Waals surface area contributed by atoms with Crippen LogP contribution < -0.4 is 14.8 Å². The normalized spacial score (nSPS) is 14.2. The Bertz CT molecular complexity index is 1260. The molecule has 1 aromatic heterocycles. The first-order valence-electron chi connectivity index (χ1n) is 10.8. The number of sulfone groups is 1. The summed E-state index contributed by atoms with van der Waals surface area (Å²) in [5.41, 5.74) is 0.384. The molecule has 2 heterocycles. The Morgan fingerprint density at radius 2 is 1.89 bits per heavy atom. The maximum Gasteiger partial charge on any atom is 0.264 e. The van der Waals surface area contributed by atoms with Crippen LogP contribution in [0.1, 0.15) is 39.4 Å². The Morgan fingerprint density at radius 1 is 1.17 bits per heavy atom. The number of imide groups is 1. The monoisotopic (exact) mass is 504 g/mol. The lowest BCUT2D eigenvalue weighted by Crippen LogP contribution is -2.38. The van der Waals surface area contributed by atoms with Crippen molar-refractivity contribution in [3.63, 3.8) is 0 Å². The Balaban J connectivity index is 2.07. The predicted octanol–water partition coefficient (Wildman–Crippen LogP) is 1.37. The van der Waals surface area contributed by atoms with E-state index in [1.165, 1.54) is 31.4 Å². The highest BCUT2D eigenvalue weighted by atomic mass is 32.2. The van der Waals surface area contributed by atoms with Crippen LogP contribution in [0.25, 0.3) is 0 Å². The summed E-state index contributed by atoms with van der Waals surface area (Å²) in [4.78, 5) is 46.1. The molecule has 1 aromatic carbocycles. The molecule has 3 rings (SSSR count). The van der Waals surface area contributed by atoms with Gasteiger partial charge in [-0.15, -0.1) is 0 Å². The van der Waals surface area contributed by atoms with Gasteiger partial charge in [-0.2, -0.15) is 0 Å². The van der Waals surface area contributed by atoms with Crippen molar-refractivity contribution >= 4 is 33.2 Å². The van der Waals surface area contributed by atoms with E-state index in [-0.39, 0.29) is 47.4 Å². The van der Waals surface area contributed by atoms with E-state index in [1.54, 1.807) is 32.0 Å². The summed E-state index contributed by atoms with van der Waals surface area (Å²) in [5.74, 6) is -1.90. The van der Waals surface area contributed by atoms with E-state index in [4.69, 9.17) is 9.47 Å². The van der Waals surface area contributed by atoms with E-state index in [1.807, 2.05) is 0 Å². The van der Waals surface area contributed by atoms with Crippen molar-refractivity contribution in [2.75, 3.05) is 51.7 Å². The third kappa shape index (κ3) is 5.77. The van der Waals surface area contributed by atoms with Gasteiger partial charge in [0, 0.05) is 6.26 Å². The first-order valence-corrected chi connectivity index (χ1v) is 12.8. The van der Waals surface area contributed by atoms with Crippen molar-refractivity contribution < 1.29 is 32.3 Å². The molecule has 0 fully saturated rings. The smallest absolute Gasteiger partial charge is 0.264 e. The van der Waals surface area contributed by atoms with Crippen molar-refractivity contribution in [3.05, 3.63) is 47.2 Å². The molecular formula is C23H28N4O7S. The number of rotatable bonds is 10. The molecule has 3 amide bonds. The van der Waals surface area contributed by atoms with Gasteiger partial charge in [0.25, 0.3) is 17.7 Å². The lowest BCUT2D eigenvalue weighted by atomic mass is 10.1. The van der Waals surface area contributed by atoms with Gasteiger partial charge in [-0.25, -0.2) is 13.4 Å². The number of carbonyl (C=O) groups is 3. The summed E-state index contributed by atoms with van der Waals surface area (Å²) < 4.78 is 35.4. The van der Waals surface area contributed by atoms with E-state index in [9.17, 15) is 22.8 Å². The van der Waals surface area contributed by atoms with Crippen LogP contribution in [0.15, 0.2) is 30.3 Å². The number of fused-ring (bicyclic) bond motifs is 1. The zero-order chi connectivity index (χ0) is 25.9. The molecule has 35 heavy (non-hydrogen) atoms. The van der Waals surface area contributed by atoms with Crippen molar-refractivity contribution in [3.8, 4) is 11.6 Å². The van der Waals surface area contributed by atoms with Crippen LogP contribution in [0.5, 0.6) is 11.6 Å². The van der Waals surface area contributed by atoms with Gasteiger partial charge in [0.05, 0.1) is 54.6 Å². The molecule has 2 aromatic rings. The second kappa shape index (κ2) is 10.4.